The maximum Gasteiger partial charge on any atom is 0.234 e. The van der Waals surface area contributed by atoms with E-state index in [4.69, 9.17) is 9.68 Å². The van der Waals surface area contributed by atoms with E-state index in [9.17, 15) is 4.79 Å². The molecule has 0 aliphatic heterocycles. The molecule has 1 atom stereocenters. The molecule has 2 heterocycles. The first-order valence-electron chi connectivity index (χ1n) is 6.93. The molecule has 1 N–H and O–H groups in total. The molecule has 0 spiro atoms. The molecule has 2 aromatic heterocycles. The van der Waals surface area contributed by atoms with Crippen molar-refractivity contribution in [1.29, 1.82) is 5.26 Å². The summed E-state index contributed by atoms with van der Waals surface area (Å²) in [6.45, 7) is 4.33. The number of carbonyl (C=O) groups excluding carboxylic acids is 1. The quantitative estimate of drug-likeness (QED) is 0.829. The summed E-state index contributed by atoms with van der Waals surface area (Å²) in [5.74, 6) is 0.778. The Morgan fingerprint density at radius 1 is 1.50 bits per heavy atom. The second-order valence-electron chi connectivity index (χ2n) is 5.07. The lowest BCUT2D eigenvalue weighted by molar-refractivity contribution is -0.121. The minimum Gasteiger partial charge on any atom is -0.467 e. The fraction of sp³-hybridized carbons (Fsp3) is 0.312. The van der Waals surface area contributed by atoms with Crippen molar-refractivity contribution in [2.45, 2.75) is 30.7 Å². The summed E-state index contributed by atoms with van der Waals surface area (Å²) in [6.07, 6.45) is 3.16. The number of amides is 1. The van der Waals surface area contributed by atoms with E-state index in [0.717, 1.165) is 0 Å². The van der Waals surface area contributed by atoms with Gasteiger partial charge >= 0.3 is 0 Å². The highest BCUT2D eigenvalue weighted by molar-refractivity contribution is 8.00. The fourth-order valence-electron chi connectivity index (χ4n) is 1.85. The standard InChI is InChI=1S/C16H17N3O2S/c1-11(2)15(16(20)19-10-13-4-3-7-21-13)22-14-8-12(9-17)5-6-18-14/h3-8,11,15H,10H2,1-2H3,(H,19,20)/t15-/m0/s1. The number of furan rings is 1. The van der Waals surface area contributed by atoms with E-state index >= 15 is 0 Å². The van der Waals surface area contributed by atoms with Crippen molar-refractivity contribution < 1.29 is 9.21 Å². The minimum atomic E-state index is -0.281. The van der Waals surface area contributed by atoms with Gasteiger partial charge in [0.1, 0.15) is 5.76 Å². The number of hydrogen-bond acceptors (Lipinski definition) is 5. The molecule has 0 radical (unpaired) electrons. The van der Waals surface area contributed by atoms with E-state index < -0.39 is 0 Å². The van der Waals surface area contributed by atoms with Crippen LogP contribution in [0, 0.1) is 17.2 Å². The molecule has 0 fully saturated rings. The number of aromatic nitrogens is 1. The van der Waals surface area contributed by atoms with Gasteiger partial charge in [0.05, 0.1) is 34.7 Å². The summed E-state index contributed by atoms with van der Waals surface area (Å²) in [5, 5.41) is 12.2. The van der Waals surface area contributed by atoms with Gasteiger partial charge in [-0.15, -0.1) is 0 Å². The molecule has 114 valence electrons. The number of nitriles is 1. The molecule has 0 unspecified atom stereocenters. The number of nitrogens with one attached hydrogen (secondary N) is 1. The van der Waals surface area contributed by atoms with Crippen LogP contribution in [0.1, 0.15) is 25.2 Å². The van der Waals surface area contributed by atoms with Crippen LogP contribution in [0.3, 0.4) is 0 Å². The Balaban J connectivity index is 2.02. The van der Waals surface area contributed by atoms with Crippen LogP contribution in [0.4, 0.5) is 0 Å². The first kappa shape index (κ1) is 16.1. The summed E-state index contributed by atoms with van der Waals surface area (Å²) in [7, 11) is 0. The molecule has 0 saturated carbocycles. The number of carbonyl (C=O) groups is 1. The molecule has 0 bridgehead atoms. The maximum absolute atomic E-state index is 12.4. The van der Waals surface area contributed by atoms with Gasteiger partial charge in [0.25, 0.3) is 0 Å². The molecule has 2 aromatic rings. The van der Waals surface area contributed by atoms with Crippen molar-refractivity contribution in [3.05, 3.63) is 48.0 Å². The zero-order valence-corrected chi connectivity index (χ0v) is 13.3. The third-order valence-electron chi connectivity index (χ3n) is 2.99. The summed E-state index contributed by atoms with van der Waals surface area (Å²) in [5.41, 5.74) is 0.538. The van der Waals surface area contributed by atoms with E-state index in [1.54, 1.807) is 30.7 Å². The molecule has 1 amide bonds. The largest absolute Gasteiger partial charge is 0.467 e. The second-order valence-corrected chi connectivity index (χ2v) is 6.24. The molecule has 0 aliphatic rings. The minimum absolute atomic E-state index is 0.0689. The zero-order valence-electron chi connectivity index (χ0n) is 12.4. The lowest BCUT2D eigenvalue weighted by Crippen LogP contribution is -2.35. The highest BCUT2D eigenvalue weighted by Gasteiger charge is 2.24. The SMILES string of the molecule is CC(C)[C@H](Sc1cc(C#N)ccn1)C(=O)NCc1ccco1. The van der Waals surface area contributed by atoms with E-state index in [0.29, 0.717) is 22.9 Å². The third kappa shape index (κ3) is 4.37. The molecule has 0 saturated heterocycles. The summed E-state index contributed by atoms with van der Waals surface area (Å²) < 4.78 is 5.20. The van der Waals surface area contributed by atoms with Gasteiger partial charge in [0.15, 0.2) is 0 Å². The average molecular weight is 315 g/mol. The van der Waals surface area contributed by atoms with E-state index in [1.807, 2.05) is 19.9 Å². The first-order chi connectivity index (χ1) is 10.6. The van der Waals surface area contributed by atoms with E-state index in [-0.39, 0.29) is 17.1 Å². The van der Waals surface area contributed by atoms with Gasteiger partial charge in [-0.1, -0.05) is 25.6 Å². The summed E-state index contributed by atoms with van der Waals surface area (Å²) in [4.78, 5) is 16.6. The topological polar surface area (TPSA) is 78.9 Å². The first-order valence-corrected chi connectivity index (χ1v) is 7.81. The van der Waals surface area contributed by atoms with Gasteiger partial charge < -0.3 is 9.73 Å². The van der Waals surface area contributed by atoms with E-state index in [2.05, 4.69) is 16.4 Å². The second kappa shape index (κ2) is 7.66. The average Bonchev–Trinajstić information content (AvgIpc) is 3.03. The Kier molecular flexibility index (Phi) is 5.61. The molecule has 5 nitrogen and oxygen atoms in total. The number of hydrogen-bond donors (Lipinski definition) is 1. The Morgan fingerprint density at radius 2 is 2.32 bits per heavy atom. The molecular weight excluding hydrogens is 298 g/mol. The molecule has 2 rings (SSSR count). The van der Waals surface area contributed by atoms with Crippen molar-refractivity contribution in [3.63, 3.8) is 0 Å². The predicted molar refractivity (Wildman–Crippen MR) is 84.0 cm³/mol. The normalized spacial score (nSPS) is 11.9. The zero-order chi connectivity index (χ0) is 15.9. The van der Waals surface area contributed by atoms with Gasteiger partial charge in [-0.2, -0.15) is 5.26 Å². The number of nitrogens with zero attached hydrogens (tertiary/aromatic N) is 2. The van der Waals surface area contributed by atoms with Crippen molar-refractivity contribution in [2.75, 3.05) is 0 Å². The molecular formula is C16H17N3O2S. The van der Waals surface area contributed by atoms with Gasteiger partial charge in [-0.3, -0.25) is 4.79 Å². The van der Waals surface area contributed by atoms with Gasteiger partial charge in [0, 0.05) is 6.20 Å². The Bertz CT molecular complexity index is 662. The molecule has 6 heteroatoms. The molecule has 22 heavy (non-hydrogen) atoms. The van der Waals surface area contributed by atoms with Crippen molar-refractivity contribution >= 4 is 17.7 Å². The van der Waals surface area contributed by atoms with Gasteiger partial charge in [-0.25, -0.2) is 4.98 Å². The predicted octanol–water partition coefficient (Wildman–Crippen LogP) is 2.98. The smallest absolute Gasteiger partial charge is 0.234 e. The number of pyridine rings is 1. The van der Waals surface area contributed by atoms with Crippen molar-refractivity contribution in [2.24, 2.45) is 5.92 Å². The van der Waals surface area contributed by atoms with E-state index in [1.165, 1.54) is 11.8 Å². The monoisotopic (exact) mass is 315 g/mol. The van der Waals surface area contributed by atoms with Crippen LogP contribution in [-0.2, 0) is 11.3 Å². The lowest BCUT2D eigenvalue weighted by atomic mass is 10.1. The Morgan fingerprint density at radius 3 is 2.95 bits per heavy atom. The van der Waals surface area contributed by atoms with Crippen LogP contribution in [-0.4, -0.2) is 16.1 Å². The van der Waals surface area contributed by atoms with Crippen LogP contribution in [0.15, 0.2) is 46.2 Å². The van der Waals surface area contributed by atoms with Crippen LogP contribution in [0.2, 0.25) is 0 Å². The number of thioether (sulfide) groups is 1. The number of rotatable bonds is 6. The highest BCUT2D eigenvalue weighted by atomic mass is 32.2. The Hall–Kier alpha value is -2.26. The summed E-state index contributed by atoms with van der Waals surface area (Å²) in [6, 6.07) is 9.02. The molecule has 0 aliphatic carbocycles. The maximum atomic E-state index is 12.4. The van der Waals surface area contributed by atoms with Gasteiger partial charge in [-0.05, 0) is 30.2 Å². The highest BCUT2D eigenvalue weighted by Crippen LogP contribution is 2.27. The summed E-state index contributed by atoms with van der Waals surface area (Å²) >= 11 is 1.37. The Labute approximate surface area is 133 Å². The van der Waals surface area contributed by atoms with Gasteiger partial charge in [0.2, 0.25) is 5.91 Å². The third-order valence-corrected chi connectivity index (χ3v) is 4.47. The van der Waals surface area contributed by atoms with Crippen LogP contribution in [0.5, 0.6) is 0 Å². The van der Waals surface area contributed by atoms with Crippen LogP contribution >= 0.6 is 11.8 Å². The van der Waals surface area contributed by atoms with Crippen molar-refractivity contribution in [1.82, 2.24) is 10.3 Å². The fourth-order valence-corrected chi connectivity index (χ4v) is 2.89. The van der Waals surface area contributed by atoms with Crippen molar-refractivity contribution in [3.8, 4) is 6.07 Å². The molecule has 0 aromatic carbocycles. The van der Waals surface area contributed by atoms with Crippen LogP contribution < -0.4 is 5.32 Å². The van der Waals surface area contributed by atoms with Crippen LogP contribution in [0.25, 0.3) is 0 Å². The lowest BCUT2D eigenvalue weighted by Gasteiger charge is -2.19.